The van der Waals surface area contributed by atoms with Gasteiger partial charge in [-0.25, -0.2) is 8.42 Å². The third-order valence-corrected chi connectivity index (χ3v) is 8.32. The van der Waals surface area contributed by atoms with E-state index < -0.39 is 10.0 Å². The molecule has 0 heterocycles. The van der Waals surface area contributed by atoms with E-state index in [4.69, 9.17) is 23.2 Å². The molecule has 0 radical (unpaired) electrons. The zero-order valence-corrected chi connectivity index (χ0v) is 22.3. The summed E-state index contributed by atoms with van der Waals surface area (Å²) >= 11 is 12.4. The van der Waals surface area contributed by atoms with E-state index in [1.54, 1.807) is 4.90 Å². The van der Waals surface area contributed by atoms with Crippen molar-refractivity contribution in [1.29, 1.82) is 0 Å². The molecule has 8 heteroatoms. The molecule has 0 N–H and O–H groups in total. The van der Waals surface area contributed by atoms with Gasteiger partial charge in [0.2, 0.25) is 15.9 Å². The number of rotatable bonds is 10. The van der Waals surface area contributed by atoms with Crippen LogP contribution < -0.4 is 0 Å². The van der Waals surface area contributed by atoms with Crippen molar-refractivity contribution in [3.63, 3.8) is 0 Å². The van der Waals surface area contributed by atoms with Crippen LogP contribution in [0.1, 0.15) is 16.7 Å². The number of halogens is 2. The molecule has 190 valence electrons. The summed E-state index contributed by atoms with van der Waals surface area (Å²) in [6, 6.07) is 32.6. The van der Waals surface area contributed by atoms with Crippen molar-refractivity contribution < 1.29 is 13.2 Å². The monoisotopic (exact) mass is 552 g/mol. The Balaban J connectivity index is 1.68. The number of hydrogen-bond acceptors (Lipinski definition) is 3. The highest BCUT2D eigenvalue weighted by atomic mass is 35.5. The number of sulfonamides is 1. The van der Waals surface area contributed by atoms with Crippen molar-refractivity contribution in [1.82, 2.24) is 9.21 Å². The van der Waals surface area contributed by atoms with Crippen molar-refractivity contribution in [2.75, 3.05) is 6.54 Å². The van der Waals surface area contributed by atoms with E-state index in [-0.39, 0.29) is 33.9 Å². The van der Waals surface area contributed by atoms with Gasteiger partial charge in [-0.3, -0.25) is 4.79 Å². The molecule has 0 saturated heterocycles. The van der Waals surface area contributed by atoms with Crippen LogP contribution in [0.25, 0.3) is 0 Å². The first-order valence-corrected chi connectivity index (χ1v) is 13.9. The zero-order valence-electron chi connectivity index (χ0n) is 20.0. The second kappa shape index (κ2) is 12.4. The first-order chi connectivity index (χ1) is 17.8. The second-order valence-corrected chi connectivity index (χ2v) is 11.3. The number of nitrogens with zero attached hydrogens (tertiary/aromatic N) is 2. The summed E-state index contributed by atoms with van der Waals surface area (Å²) in [5, 5.41) is 0.282. The van der Waals surface area contributed by atoms with E-state index in [0.29, 0.717) is 13.1 Å². The fraction of sp³-hybridized carbons (Fsp3) is 0.138. The highest BCUT2D eigenvalue weighted by molar-refractivity contribution is 7.89. The first kappa shape index (κ1) is 26.9. The molecule has 4 aromatic rings. The molecule has 0 atom stereocenters. The predicted octanol–water partition coefficient (Wildman–Crippen LogP) is 6.41. The Kier molecular flexibility index (Phi) is 9.00. The average Bonchev–Trinajstić information content (AvgIpc) is 2.91. The minimum atomic E-state index is -4.16. The summed E-state index contributed by atoms with van der Waals surface area (Å²) in [7, 11) is -4.16. The molecule has 5 nitrogen and oxygen atoms in total. The molecule has 0 fully saturated rings. The van der Waals surface area contributed by atoms with Gasteiger partial charge >= 0.3 is 0 Å². The van der Waals surface area contributed by atoms with Crippen LogP contribution in [0.15, 0.2) is 114 Å². The van der Waals surface area contributed by atoms with E-state index >= 15 is 0 Å². The molecule has 1 amide bonds. The van der Waals surface area contributed by atoms with Crippen LogP contribution in [0, 0.1) is 0 Å². The normalized spacial score (nSPS) is 11.4. The van der Waals surface area contributed by atoms with Gasteiger partial charge in [-0.15, -0.1) is 0 Å². The van der Waals surface area contributed by atoms with Gasteiger partial charge < -0.3 is 4.90 Å². The van der Waals surface area contributed by atoms with E-state index in [2.05, 4.69) is 0 Å². The van der Waals surface area contributed by atoms with Gasteiger partial charge in [0.05, 0.1) is 11.6 Å². The minimum Gasteiger partial charge on any atom is -0.333 e. The Morgan fingerprint density at radius 2 is 1.11 bits per heavy atom. The maximum atomic E-state index is 13.8. The largest absolute Gasteiger partial charge is 0.333 e. The number of amides is 1. The Morgan fingerprint density at radius 3 is 1.59 bits per heavy atom. The van der Waals surface area contributed by atoms with Crippen molar-refractivity contribution in [3.05, 3.63) is 136 Å². The third kappa shape index (κ3) is 7.21. The molecule has 0 aliphatic heterocycles. The number of carbonyl (C=O) groups is 1. The lowest BCUT2D eigenvalue weighted by molar-refractivity contribution is -0.132. The second-order valence-electron chi connectivity index (χ2n) is 8.55. The molecule has 0 aliphatic rings. The Labute approximate surface area is 227 Å². The van der Waals surface area contributed by atoms with E-state index in [1.165, 1.54) is 18.2 Å². The Bertz CT molecular complexity index is 1390. The summed E-state index contributed by atoms with van der Waals surface area (Å²) in [5.41, 5.74) is 2.64. The van der Waals surface area contributed by atoms with Gasteiger partial charge in [-0.2, -0.15) is 4.31 Å². The summed E-state index contributed by atoms with van der Waals surface area (Å²) in [6.07, 6.45) is 0. The Hall–Kier alpha value is -3.16. The molecule has 0 unspecified atom stereocenters. The molecule has 0 bridgehead atoms. The molecule has 0 aliphatic carbocycles. The van der Waals surface area contributed by atoms with Crippen molar-refractivity contribution >= 4 is 39.1 Å². The lowest BCUT2D eigenvalue weighted by Gasteiger charge is -2.28. The van der Waals surface area contributed by atoms with Crippen molar-refractivity contribution in [2.24, 2.45) is 0 Å². The number of benzene rings is 4. The van der Waals surface area contributed by atoms with Crippen LogP contribution in [-0.2, 0) is 34.5 Å². The van der Waals surface area contributed by atoms with Gasteiger partial charge in [-0.05, 0) is 34.9 Å². The van der Waals surface area contributed by atoms with Crippen LogP contribution in [0.2, 0.25) is 10.0 Å². The summed E-state index contributed by atoms with van der Waals surface area (Å²) in [4.78, 5) is 15.3. The Morgan fingerprint density at radius 1 is 0.649 bits per heavy atom. The molecular weight excluding hydrogens is 527 g/mol. The zero-order chi connectivity index (χ0) is 26.3. The lowest BCUT2D eigenvalue weighted by atomic mass is 10.1. The maximum Gasteiger partial charge on any atom is 0.245 e. The number of carbonyl (C=O) groups excluding carboxylic acids is 1. The quantitative estimate of drug-likeness (QED) is 0.228. The van der Waals surface area contributed by atoms with Crippen LogP contribution in [-0.4, -0.2) is 30.1 Å². The standard InChI is InChI=1S/C29H26Cl2N2O3S/c30-26-16-17-27(31)28(18-26)37(35,36)33(21-25-14-8-3-9-15-25)22-29(34)32(19-23-10-4-1-5-11-23)20-24-12-6-2-7-13-24/h1-18H,19-22H2. The van der Waals surface area contributed by atoms with E-state index in [0.717, 1.165) is 21.0 Å². The molecule has 4 aromatic carbocycles. The fourth-order valence-electron chi connectivity index (χ4n) is 3.92. The SMILES string of the molecule is O=C(CN(Cc1ccccc1)S(=O)(=O)c1cc(Cl)ccc1Cl)N(Cc1ccccc1)Cc1ccccc1. The minimum absolute atomic E-state index is 0.00225. The highest BCUT2D eigenvalue weighted by Crippen LogP contribution is 2.29. The lowest BCUT2D eigenvalue weighted by Crippen LogP contribution is -2.42. The summed E-state index contributed by atoms with van der Waals surface area (Å²) in [5.74, 6) is -0.328. The average molecular weight is 554 g/mol. The first-order valence-electron chi connectivity index (χ1n) is 11.7. The topological polar surface area (TPSA) is 57.7 Å². The van der Waals surface area contributed by atoms with E-state index in [9.17, 15) is 13.2 Å². The highest BCUT2D eigenvalue weighted by Gasteiger charge is 2.31. The molecule has 4 rings (SSSR count). The molecule has 37 heavy (non-hydrogen) atoms. The van der Waals surface area contributed by atoms with Gasteiger partial charge in [0.1, 0.15) is 4.90 Å². The van der Waals surface area contributed by atoms with Gasteiger partial charge in [-0.1, -0.05) is 114 Å². The van der Waals surface area contributed by atoms with Crippen LogP contribution >= 0.6 is 23.2 Å². The van der Waals surface area contributed by atoms with Crippen LogP contribution in [0.4, 0.5) is 0 Å². The molecule has 0 spiro atoms. The van der Waals surface area contributed by atoms with Crippen LogP contribution in [0.3, 0.4) is 0 Å². The number of hydrogen-bond donors (Lipinski definition) is 0. The third-order valence-electron chi connectivity index (χ3n) is 5.81. The van der Waals surface area contributed by atoms with Gasteiger partial charge in [0.15, 0.2) is 0 Å². The van der Waals surface area contributed by atoms with Gasteiger partial charge in [0.25, 0.3) is 0 Å². The maximum absolute atomic E-state index is 13.8. The molecule has 0 saturated carbocycles. The van der Waals surface area contributed by atoms with Gasteiger partial charge in [0, 0.05) is 24.7 Å². The van der Waals surface area contributed by atoms with Crippen molar-refractivity contribution in [3.8, 4) is 0 Å². The smallest absolute Gasteiger partial charge is 0.245 e. The van der Waals surface area contributed by atoms with Crippen LogP contribution in [0.5, 0.6) is 0 Å². The molecule has 0 aromatic heterocycles. The predicted molar refractivity (Wildman–Crippen MR) is 148 cm³/mol. The molecular formula is C29H26Cl2N2O3S. The summed E-state index contributed by atoms with van der Waals surface area (Å²) in [6.45, 7) is 0.319. The van der Waals surface area contributed by atoms with Crippen molar-refractivity contribution in [2.45, 2.75) is 24.5 Å². The fourth-order valence-corrected chi connectivity index (χ4v) is 6.03. The van der Waals surface area contributed by atoms with E-state index in [1.807, 2.05) is 91.0 Å². The summed E-state index contributed by atoms with van der Waals surface area (Å²) < 4.78 is 28.8.